The number of aliphatic carboxylic acids is 1. The van der Waals surface area contributed by atoms with Crippen molar-refractivity contribution in [2.45, 2.75) is 33.1 Å². The smallest absolute Gasteiger partial charge is 0.308 e. The molecule has 0 radical (unpaired) electrons. The van der Waals surface area contributed by atoms with E-state index in [4.69, 9.17) is 9.84 Å². The quantitative estimate of drug-likeness (QED) is 0.843. The highest BCUT2D eigenvalue weighted by atomic mass is 16.5. The molecule has 1 atom stereocenters. The SMILES string of the molecule is CC(CNC(=O)COc1ccccc1C(C)(C)C)C(=O)O. The molecule has 0 aliphatic heterocycles. The molecule has 1 aromatic carbocycles. The molecule has 0 aliphatic carbocycles. The first kappa shape index (κ1) is 17.0. The average molecular weight is 293 g/mol. The zero-order valence-corrected chi connectivity index (χ0v) is 13.0. The van der Waals surface area contributed by atoms with Gasteiger partial charge in [-0.2, -0.15) is 0 Å². The number of carbonyl (C=O) groups is 2. The third-order valence-corrected chi connectivity index (χ3v) is 3.08. The van der Waals surface area contributed by atoms with Crippen LogP contribution in [0.2, 0.25) is 0 Å². The van der Waals surface area contributed by atoms with Crippen molar-refractivity contribution in [1.82, 2.24) is 5.32 Å². The fraction of sp³-hybridized carbons (Fsp3) is 0.500. The first-order chi connectivity index (χ1) is 9.71. The average Bonchev–Trinajstić information content (AvgIpc) is 2.41. The Labute approximate surface area is 125 Å². The van der Waals surface area contributed by atoms with Gasteiger partial charge in [0.25, 0.3) is 5.91 Å². The summed E-state index contributed by atoms with van der Waals surface area (Å²) >= 11 is 0. The molecule has 0 heterocycles. The number of benzene rings is 1. The molecule has 0 fully saturated rings. The predicted octanol–water partition coefficient (Wildman–Crippen LogP) is 2.20. The normalized spacial score (nSPS) is 12.6. The van der Waals surface area contributed by atoms with E-state index in [1.165, 1.54) is 0 Å². The molecule has 1 aromatic rings. The fourth-order valence-corrected chi connectivity index (χ4v) is 1.76. The van der Waals surface area contributed by atoms with Gasteiger partial charge in [-0.3, -0.25) is 9.59 Å². The zero-order chi connectivity index (χ0) is 16.0. The molecule has 0 aliphatic rings. The number of carbonyl (C=O) groups excluding carboxylic acids is 1. The van der Waals surface area contributed by atoms with Crippen molar-refractivity contribution in [3.63, 3.8) is 0 Å². The molecule has 5 nitrogen and oxygen atoms in total. The van der Waals surface area contributed by atoms with Crippen LogP contribution in [0, 0.1) is 5.92 Å². The van der Waals surface area contributed by atoms with E-state index in [2.05, 4.69) is 26.1 Å². The number of hydrogen-bond donors (Lipinski definition) is 2. The van der Waals surface area contributed by atoms with Gasteiger partial charge in [0.15, 0.2) is 6.61 Å². The van der Waals surface area contributed by atoms with E-state index in [1.807, 2.05) is 24.3 Å². The van der Waals surface area contributed by atoms with Crippen molar-refractivity contribution in [2.24, 2.45) is 5.92 Å². The Hall–Kier alpha value is -2.04. The molecule has 5 heteroatoms. The molecule has 1 rings (SSSR count). The van der Waals surface area contributed by atoms with E-state index in [-0.39, 0.29) is 24.5 Å². The Morgan fingerprint density at radius 2 is 1.90 bits per heavy atom. The van der Waals surface area contributed by atoms with Crippen LogP contribution in [0.4, 0.5) is 0 Å². The lowest BCUT2D eigenvalue weighted by molar-refractivity contribution is -0.141. The summed E-state index contributed by atoms with van der Waals surface area (Å²) in [4.78, 5) is 22.3. The van der Waals surface area contributed by atoms with Crippen LogP contribution >= 0.6 is 0 Å². The minimum atomic E-state index is -0.936. The molecular weight excluding hydrogens is 270 g/mol. The third-order valence-electron chi connectivity index (χ3n) is 3.08. The summed E-state index contributed by atoms with van der Waals surface area (Å²) in [5, 5.41) is 11.3. The van der Waals surface area contributed by atoms with Crippen LogP contribution in [0.25, 0.3) is 0 Å². The van der Waals surface area contributed by atoms with Crippen molar-refractivity contribution in [2.75, 3.05) is 13.2 Å². The Bertz CT molecular complexity index is 505. The van der Waals surface area contributed by atoms with Crippen molar-refractivity contribution in [3.8, 4) is 5.75 Å². The van der Waals surface area contributed by atoms with Gasteiger partial charge in [0.05, 0.1) is 5.92 Å². The van der Waals surface area contributed by atoms with Gasteiger partial charge in [-0.1, -0.05) is 45.9 Å². The number of para-hydroxylation sites is 1. The highest BCUT2D eigenvalue weighted by Crippen LogP contribution is 2.30. The molecule has 0 saturated carbocycles. The first-order valence-electron chi connectivity index (χ1n) is 6.93. The number of carboxylic acid groups (broad SMARTS) is 1. The summed E-state index contributed by atoms with van der Waals surface area (Å²) < 4.78 is 5.56. The summed E-state index contributed by atoms with van der Waals surface area (Å²) in [6.07, 6.45) is 0. The Morgan fingerprint density at radius 3 is 2.48 bits per heavy atom. The van der Waals surface area contributed by atoms with Crippen LogP contribution in [0.15, 0.2) is 24.3 Å². The molecule has 0 bridgehead atoms. The first-order valence-corrected chi connectivity index (χ1v) is 6.93. The Balaban J connectivity index is 2.56. The van der Waals surface area contributed by atoms with E-state index < -0.39 is 11.9 Å². The largest absolute Gasteiger partial charge is 0.483 e. The second-order valence-corrected chi connectivity index (χ2v) is 6.08. The Kier molecular flexibility index (Phi) is 5.76. The van der Waals surface area contributed by atoms with Crippen LogP contribution in [0.3, 0.4) is 0 Å². The highest BCUT2D eigenvalue weighted by molar-refractivity contribution is 5.78. The van der Waals surface area contributed by atoms with Gasteiger partial charge >= 0.3 is 5.97 Å². The maximum atomic E-state index is 11.7. The lowest BCUT2D eigenvalue weighted by Gasteiger charge is -2.22. The maximum Gasteiger partial charge on any atom is 0.308 e. The van der Waals surface area contributed by atoms with E-state index >= 15 is 0 Å². The highest BCUT2D eigenvalue weighted by Gasteiger charge is 2.19. The third kappa shape index (κ3) is 5.45. The van der Waals surface area contributed by atoms with Crippen LogP contribution in [-0.2, 0) is 15.0 Å². The van der Waals surface area contributed by atoms with Crippen LogP contribution in [0.5, 0.6) is 5.75 Å². The van der Waals surface area contributed by atoms with Crippen LogP contribution in [-0.4, -0.2) is 30.1 Å². The number of carboxylic acids is 1. The minimum Gasteiger partial charge on any atom is -0.483 e. The number of nitrogens with one attached hydrogen (secondary N) is 1. The van der Waals surface area contributed by atoms with Crippen molar-refractivity contribution >= 4 is 11.9 Å². The van der Waals surface area contributed by atoms with E-state index in [0.29, 0.717) is 5.75 Å². The number of hydrogen-bond acceptors (Lipinski definition) is 3. The van der Waals surface area contributed by atoms with E-state index in [1.54, 1.807) is 6.92 Å². The monoisotopic (exact) mass is 293 g/mol. The van der Waals surface area contributed by atoms with Gasteiger partial charge in [0.2, 0.25) is 0 Å². The van der Waals surface area contributed by atoms with Gasteiger partial charge in [-0.05, 0) is 17.0 Å². The maximum absolute atomic E-state index is 11.7. The predicted molar refractivity (Wildman–Crippen MR) is 80.4 cm³/mol. The summed E-state index contributed by atoms with van der Waals surface area (Å²) in [7, 11) is 0. The fourth-order valence-electron chi connectivity index (χ4n) is 1.76. The molecular formula is C16H23NO4. The molecule has 0 spiro atoms. The summed E-state index contributed by atoms with van der Waals surface area (Å²) in [6.45, 7) is 7.73. The lowest BCUT2D eigenvalue weighted by Crippen LogP contribution is -2.34. The second-order valence-electron chi connectivity index (χ2n) is 6.08. The lowest BCUT2D eigenvalue weighted by atomic mass is 9.86. The Morgan fingerprint density at radius 1 is 1.29 bits per heavy atom. The molecule has 21 heavy (non-hydrogen) atoms. The van der Waals surface area contributed by atoms with E-state index in [0.717, 1.165) is 5.56 Å². The number of rotatable bonds is 6. The van der Waals surface area contributed by atoms with Crippen molar-refractivity contribution in [3.05, 3.63) is 29.8 Å². The second kappa shape index (κ2) is 7.11. The van der Waals surface area contributed by atoms with Gasteiger partial charge in [-0.15, -0.1) is 0 Å². The molecule has 1 unspecified atom stereocenters. The van der Waals surface area contributed by atoms with Crippen molar-refractivity contribution < 1.29 is 19.4 Å². The van der Waals surface area contributed by atoms with E-state index in [9.17, 15) is 9.59 Å². The summed E-state index contributed by atoms with van der Waals surface area (Å²) in [5.74, 6) is -1.21. The standard InChI is InChI=1S/C16H23NO4/c1-11(15(19)20)9-17-14(18)10-21-13-8-6-5-7-12(13)16(2,3)4/h5-8,11H,9-10H2,1-4H3,(H,17,18)(H,19,20). The summed E-state index contributed by atoms with van der Waals surface area (Å²) in [6, 6.07) is 7.59. The molecule has 1 amide bonds. The van der Waals surface area contributed by atoms with Crippen molar-refractivity contribution in [1.29, 1.82) is 0 Å². The zero-order valence-electron chi connectivity index (χ0n) is 13.0. The van der Waals surface area contributed by atoms with Crippen LogP contribution in [0.1, 0.15) is 33.3 Å². The van der Waals surface area contributed by atoms with Crippen LogP contribution < -0.4 is 10.1 Å². The molecule has 0 aromatic heterocycles. The topological polar surface area (TPSA) is 75.6 Å². The van der Waals surface area contributed by atoms with Gasteiger partial charge in [-0.25, -0.2) is 0 Å². The molecule has 0 saturated heterocycles. The molecule has 2 N–H and O–H groups in total. The summed E-state index contributed by atoms with van der Waals surface area (Å²) in [5.41, 5.74) is 0.946. The number of amides is 1. The van der Waals surface area contributed by atoms with Gasteiger partial charge in [0.1, 0.15) is 5.75 Å². The number of ether oxygens (including phenoxy) is 1. The minimum absolute atomic E-state index is 0.0785. The molecule has 116 valence electrons. The van der Waals surface area contributed by atoms with Gasteiger partial charge < -0.3 is 15.2 Å². The van der Waals surface area contributed by atoms with Gasteiger partial charge in [0, 0.05) is 6.54 Å².